The van der Waals surface area contributed by atoms with Crippen LogP contribution in [0.5, 0.6) is 0 Å². The van der Waals surface area contributed by atoms with Crippen LogP contribution < -0.4 is 0 Å². The molecule has 1 aliphatic heterocycles. The Morgan fingerprint density at radius 2 is 1.85 bits per heavy atom. The van der Waals surface area contributed by atoms with Crippen LogP contribution in [0.4, 0.5) is 0 Å². The van der Waals surface area contributed by atoms with Gasteiger partial charge in [-0.3, -0.25) is 4.79 Å². The third-order valence-corrected chi connectivity index (χ3v) is 4.40. The topological polar surface area (TPSA) is 60.8 Å². The van der Waals surface area contributed by atoms with Gasteiger partial charge in [0, 0.05) is 6.54 Å². The summed E-state index contributed by atoms with van der Waals surface area (Å²) in [5, 5.41) is 19.8. The molecular weight excluding hydrogens is 254 g/mol. The lowest BCUT2D eigenvalue weighted by atomic mass is 9.80. The number of aliphatic carboxylic acids is 1. The third-order valence-electron chi connectivity index (χ3n) is 4.40. The van der Waals surface area contributed by atoms with E-state index < -0.39 is 17.0 Å². The van der Waals surface area contributed by atoms with Crippen LogP contribution in [-0.4, -0.2) is 40.7 Å². The first kappa shape index (κ1) is 15.0. The number of carboxylic acids is 1. The Labute approximate surface area is 120 Å². The van der Waals surface area contributed by atoms with E-state index in [1.807, 2.05) is 44.2 Å². The predicted molar refractivity (Wildman–Crippen MR) is 77.4 cm³/mol. The molecule has 110 valence electrons. The number of piperidine rings is 1. The molecule has 0 radical (unpaired) electrons. The molecule has 1 atom stereocenters. The van der Waals surface area contributed by atoms with E-state index in [1.54, 1.807) is 0 Å². The molecule has 4 nitrogen and oxygen atoms in total. The van der Waals surface area contributed by atoms with Crippen molar-refractivity contribution in [2.45, 2.75) is 32.3 Å². The van der Waals surface area contributed by atoms with E-state index >= 15 is 0 Å². The first-order valence-corrected chi connectivity index (χ1v) is 7.07. The number of likely N-dealkylation sites (tertiary alicyclic amines) is 1. The first-order chi connectivity index (χ1) is 9.33. The SMILES string of the molecule is CC1(C(=O)O)CCN(CC(C)(O)c2ccccc2)CC1. The molecule has 4 heteroatoms. The average molecular weight is 277 g/mol. The van der Waals surface area contributed by atoms with Gasteiger partial charge in [-0.2, -0.15) is 0 Å². The van der Waals surface area contributed by atoms with E-state index in [-0.39, 0.29) is 0 Å². The third kappa shape index (κ3) is 3.19. The van der Waals surface area contributed by atoms with Gasteiger partial charge in [0.2, 0.25) is 0 Å². The van der Waals surface area contributed by atoms with E-state index in [4.69, 9.17) is 0 Å². The van der Waals surface area contributed by atoms with Gasteiger partial charge in [-0.15, -0.1) is 0 Å². The molecule has 0 aliphatic carbocycles. The van der Waals surface area contributed by atoms with Crippen LogP contribution in [0.1, 0.15) is 32.3 Å². The minimum Gasteiger partial charge on any atom is -0.481 e. The van der Waals surface area contributed by atoms with Crippen LogP contribution in [0.3, 0.4) is 0 Å². The van der Waals surface area contributed by atoms with Crippen LogP contribution in [0.25, 0.3) is 0 Å². The molecular formula is C16H23NO3. The number of carbonyl (C=O) groups is 1. The molecule has 0 saturated carbocycles. The summed E-state index contributed by atoms with van der Waals surface area (Å²) in [7, 11) is 0. The van der Waals surface area contributed by atoms with E-state index in [0.29, 0.717) is 32.5 Å². The highest BCUT2D eigenvalue weighted by molar-refractivity contribution is 5.74. The molecule has 0 spiro atoms. The monoisotopic (exact) mass is 277 g/mol. The Kier molecular flexibility index (Phi) is 4.16. The zero-order valence-corrected chi connectivity index (χ0v) is 12.2. The van der Waals surface area contributed by atoms with Crippen molar-refractivity contribution in [1.29, 1.82) is 0 Å². The molecule has 0 amide bonds. The second-order valence-corrected chi connectivity index (χ2v) is 6.28. The van der Waals surface area contributed by atoms with Crippen LogP contribution in [0, 0.1) is 5.41 Å². The maximum absolute atomic E-state index is 11.2. The standard InChI is InChI=1S/C16H23NO3/c1-15(14(18)19)8-10-17(11-9-15)12-16(2,20)13-6-4-3-5-7-13/h3-7,20H,8-12H2,1-2H3,(H,18,19). The second-order valence-electron chi connectivity index (χ2n) is 6.28. The molecule has 1 heterocycles. The summed E-state index contributed by atoms with van der Waals surface area (Å²) >= 11 is 0. The number of aliphatic hydroxyl groups is 1. The molecule has 0 aromatic heterocycles. The smallest absolute Gasteiger partial charge is 0.309 e. The summed E-state index contributed by atoms with van der Waals surface area (Å²) in [6.07, 6.45) is 1.26. The Balaban J connectivity index is 1.97. The second kappa shape index (κ2) is 5.54. The summed E-state index contributed by atoms with van der Waals surface area (Å²) < 4.78 is 0. The van der Waals surface area contributed by atoms with Crippen LogP contribution in [0.2, 0.25) is 0 Å². The number of carboxylic acid groups (broad SMARTS) is 1. The number of hydrogen-bond acceptors (Lipinski definition) is 3. The summed E-state index contributed by atoms with van der Waals surface area (Å²) in [6.45, 7) is 5.58. The van der Waals surface area contributed by atoms with Crippen LogP contribution in [0.15, 0.2) is 30.3 Å². The quantitative estimate of drug-likeness (QED) is 0.884. The van der Waals surface area contributed by atoms with Crippen molar-refractivity contribution < 1.29 is 15.0 Å². The van der Waals surface area contributed by atoms with Gasteiger partial charge in [0.05, 0.1) is 11.0 Å². The van der Waals surface area contributed by atoms with E-state index in [0.717, 1.165) is 5.56 Å². The normalized spacial score (nSPS) is 22.1. The summed E-state index contributed by atoms with van der Waals surface area (Å²) in [6, 6.07) is 9.61. The van der Waals surface area contributed by atoms with Crippen molar-refractivity contribution in [2.75, 3.05) is 19.6 Å². The molecule has 20 heavy (non-hydrogen) atoms. The molecule has 0 bridgehead atoms. The van der Waals surface area contributed by atoms with Gasteiger partial charge in [0.1, 0.15) is 0 Å². The van der Waals surface area contributed by atoms with Gasteiger partial charge >= 0.3 is 5.97 Å². The minimum absolute atomic E-state index is 0.534. The average Bonchev–Trinajstić information content (AvgIpc) is 2.42. The van der Waals surface area contributed by atoms with Crippen molar-refractivity contribution >= 4 is 5.97 Å². The minimum atomic E-state index is -0.905. The van der Waals surface area contributed by atoms with Crippen molar-refractivity contribution in [3.63, 3.8) is 0 Å². The number of hydrogen-bond donors (Lipinski definition) is 2. The lowest BCUT2D eigenvalue weighted by Gasteiger charge is -2.39. The lowest BCUT2D eigenvalue weighted by Crippen LogP contribution is -2.47. The molecule has 1 aliphatic rings. The highest BCUT2D eigenvalue weighted by Crippen LogP contribution is 2.32. The first-order valence-electron chi connectivity index (χ1n) is 7.07. The van der Waals surface area contributed by atoms with Crippen molar-refractivity contribution in [3.8, 4) is 0 Å². The number of β-amino-alcohol motifs (C(OH)–C–C–N with tert-alkyl or cyclic N) is 1. The molecule has 1 aromatic carbocycles. The number of rotatable bonds is 4. The van der Waals surface area contributed by atoms with Crippen molar-refractivity contribution in [3.05, 3.63) is 35.9 Å². The van der Waals surface area contributed by atoms with Gasteiger partial charge in [-0.25, -0.2) is 0 Å². The molecule has 2 rings (SSSR count). The van der Waals surface area contributed by atoms with E-state index in [2.05, 4.69) is 4.90 Å². The van der Waals surface area contributed by atoms with E-state index in [9.17, 15) is 15.0 Å². The van der Waals surface area contributed by atoms with Crippen molar-refractivity contribution in [1.82, 2.24) is 4.90 Å². The van der Waals surface area contributed by atoms with Gasteiger partial charge in [0.15, 0.2) is 0 Å². The highest BCUT2D eigenvalue weighted by Gasteiger charge is 2.38. The molecule has 1 fully saturated rings. The summed E-state index contributed by atoms with van der Waals surface area (Å²) in [5.74, 6) is -0.716. The summed E-state index contributed by atoms with van der Waals surface area (Å²) in [4.78, 5) is 13.4. The Morgan fingerprint density at radius 1 is 1.30 bits per heavy atom. The van der Waals surface area contributed by atoms with Gasteiger partial charge < -0.3 is 15.1 Å². The number of nitrogens with zero attached hydrogens (tertiary/aromatic N) is 1. The zero-order chi connectivity index (χ0) is 14.8. The Bertz CT molecular complexity index is 462. The van der Waals surface area contributed by atoms with Crippen LogP contribution >= 0.6 is 0 Å². The van der Waals surface area contributed by atoms with E-state index in [1.165, 1.54) is 0 Å². The Hall–Kier alpha value is -1.39. The predicted octanol–water partition coefficient (Wildman–Crippen LogP) is 2.08. The van der Waals surface area contributed by atoms with Gasteiger partial charge in [-0.1, -0.05) is 30.3 Å². The fourth-order valence-corrected chi connectivity index (χ4v) is 2.74. The number of benzene rings is 1. The largest absolute Gasteiger partial charge is 0.481 e. The maximum Gasteiger partial charge on any atom is 0.309 e. The van der Waals surface area contributed by atoms with Crippen LogP contribution in [-0.2, 0) is 10.4 Å². The van der Waals surface area contributed by atoms with Gasteiger partial charge in [0.25, 0.3) is 0 Å². The highest BCUT2D eigenvalue weighted by atomic mass is 16.4. The molecule has 1 unspecified atom stereocenters. The fourth-order valence-electron chi connectivity index (χ4n) is 2.74. The molecule has 1 aromatic rings. The van der Waals surface area contributed by atoms with Crippen molar-refractivity contribution in [2.24, 2.45) is 5.41 Å². The van der Waals surface area contributed by atoms with Gasteiger partial charge in [-0.05, 0) is 45.3 Å². The summed E-state index contributed by atoms with van der Waals surface area (Å²) in [5.41, 5.74) is -0.626. The lowest BCUT2D eigenvalue weighted by molar-refractivity contribution is -0.151. The Morgan fingerprint density at radius 3 is 2.35 bits per heavy atom. The molecule has 1 saturated heterocycles. The maximum atomic E-state index is 11.2. The zero-order valence-electron chi connectivity index (χ0n) is 12.2. The molecule has 2 N–H and O–H groups in total. The fraction of sp³-hybridized carbons (Fsp3) is 0.562.